The van der Waals surface area contributed by atoms with E-state index in [1.807, 2.05) is 0 Å². The number of carbonyl (C=O) groups excluding carboxylic acids is 1. The van der Waals surface area contributed by atoms with Crippen molar-refractivity contribution < 1.29 is 14.6 Å². The molecule has 0 fully saturated rings. The maximum absolute atomic E-state index is 10.2. The maximum Gasteiger partial charge on any atom is 0.211 e. The molecule has 100 valence electrons. The molecule has 19 heavy (non-hydrogen) atoms. The highest BCUT2D eigenvalue weighted by molar-refractivity contribution is 5.71. The largest absolute Gasteiger partial charge is 0.491 e. The quantitative estimate of drug-likeness (QED) is 0.726. The number of aliphatic hydroxyl groups is 1. The zero-order valence-corrected chi connectivity index (χ0v) is 10.3. The second-order valence-corrected chi connectivity index (χ2v) is 4.01. The maximum atomic E-state index is 10.2. The Morgan fingerprint density at radius 2 is 2.21 bits per heavy atom. The molecule has 1 unspecified atom stereocenters. The van der Waals surface area contributed by atoms with Crippen molar-refractivity contribution in [2.24, 2.45) is 0 Å². The number of aromatic nitrogens is 2. The van der Waals surface area contributed by atoms with Gasteiger partial charge in [-0.25, -0.2) is 4.98 Å². The lowest BCUT2D eigenvalue weighted by molar-refractivity contribution is -0.105. The van der Waals surface area contributed by atoms with E-state index in [0.717, 1.165) is 0 Å². The summed E-state index contributed by atoms with van der Waals surface area (Å²) >= 11 is 0. The fourth-order valence-corrected chi connectivity index (χ4v) is 1.60. The molecule has 0 aliphatic rings. The Bertz CT molecular complexity index is 496. The summed E-state index contributed by atoms with van der Waals surface area (Å²) in [4.78, 5) is 14.1. The summed E-state index contributed by atoms with van der Waals surface area (Å²) in [7, 11) is 0. The van der Waals surface area contributed by atoms with E-state index < -0.39 is 6.10 Å². The van der Waals surface area contributed by atoms with E-state index >= 15 is 0 Å². The van der Waals surface area contributed by atoms with E-state index in [0.29, 0.717) is 24.4 Å². The third kappa shape index (κ3) is 4.11. The number of anilines is 1. The molecule has 1 atom stereocenters. The number of carbonyl (C=O) groups is 1. The average molecular weight is 261 g/mol. The van der Waals surface area contributed by atoms with Gasteiger partial charge in [0.15, 0.2) is 0 Å². The highest BCUT2D eigenvalue weighted by atomic mass is 16.5. The Kier molecular flexibility index (Phi) is 4.52. The summed E-state index contributed by atoms with van der Waals surface area (Å²) in [6.45, 7) is 0.628. The number of hydrogen-bond acceptors (Lipinski definition) is 4. The number of nitrogens with zero attached hydrogens (tertiary/aromatic N) is 2. The Morgan fingerprint density at radius 3 is 2.84 bits per heavy atom. The van der Waals surface area contributed by atoms with Crippen LogP contribution < -0.4 is 10.1 Å². The van der Waals surface area contributed by atoms with Gasteiger partial charge in [-0.1, -0.05) is 0 Å². The number of imidazole rings is 1. The van der Waals surface area contributed by atoms with Crippen molar-refractivity contribution in [3.05, 3.63) is 43.0 Å². The van der Waals surface area contributed by atoms with Crippen LogP contribution in [-0.2, 0) is 11.3 Å². The van der Waals surface area contributed by atoms with Crippen molar-refractivity contribution in [3.8, 4) is 5.75 Å². The fourth-order valence-electron chi connectivity index (χ4n) is 1.60. The minimum Gasteiger partial charge on any atom is -0.491 e. The van der Waals surface area contributed by atoms with E-state index in [2.05, 4.69) is 10.3 Å². The first kappa shape index (κ1) is 13.1. The van der Waals surface area contributed by atoms with Gasteiger partial charge in [0.25, 0.3) is 0 Å². The van der Waals surface area contributed by atoms with E-state index in [1.165, 1.54) is 0 Å². The number of hydrogen-bond donors (Lipinski definition) is 2. The summed E-state index contributed by atoms with van der Waals surface area (Å²) in [5, 5.41) is 12.3. The Morgan fingerprint density at radius 1 is 1.42 bits per heavy atom. The van der Waals surface area contributed by atoms with E-state index in [4.69, 9.17) is 4.74 Å². The van der Waals surface area contributed by atoms with Gasteiger partial charge in [-0.3, -0.25) is 4.79 Å². The third-order valence-corrected chi connectivity index (χ3v) is 2.50. The van der Waals surface area contributed by atoms with E-state index in [9.17, 15) is 9.90 Å². The zero-order chi connectivity index (χ0) is 13.5. The average Bonchev–Trinajstić information content (AvgIpc) is 2.91. The molecular formula is C13H15N3O3. The highest BCUT2D eigenvalue weighted by Gasteiger charge is 2.06. The summed E-state index contributed by atoms with van der Waals surface area (Å²) in [5.41, 5.74) is 0.696. The van der Waals surface area contributed by atoms with Crippen LogP contribution in [0.4, 0.5) is 5.69 Å². The van der Waals surface area contributed by atoms with Crippen molar-refractivity contribution in [2.45, 2.75) is 12.6 Å². The third-order valence-electron chi connectivity index (χ3n) is 2.50. The molecule has 2 aromatic rings. The first-order chi connectivity index (χ1) is 9.28. The van der Waals surface area contributed by atoms with Crippen LogP contribution in [0.2, 0.25) is 0 Å². The molecule has 0 saturated carbocycles. The van der Waals surface area contributed by atoms with Gasteiger partial charge < -0.3 is 19.7 Å². The Balaban J connectivity index is 1.79. The van der Waals surface area contributed by atoms with Crippen molar-refractivity contribution >= 4 is 12.1 Å². The summed E-state index contributed by atoms with van der Waals surface area (Å²) in [6, 6.07) is 6.92. The minimum absolute atomic E-state index is 0.193. The number of benzene rings is 1. The lowest BCUT2D eigenvalue weighted by Crippen LogP contribution is -2.22. The predicted molar refractivity (Wildman–Crippen MR) is 69.9 cm³/mol. The molecule has 6 nitrogen and oxygen atoms in total. The second kappa shape index (κ2) is 6.55. The van der Waals surface area contributed by atoms with E-state index in [1.54, 1.807) is 47.6 Å². The lowest BCUT2D eigenvalue weighted by Gasteiger charge is -2.13. The van der Waals surface area contributed by atoms with Crippen molar-refractivity contribution in [1.29, 1.82) is 0 Å². The molecule has 1 aromatic carbocycles. The first-order valence-electron chi connectivity index (χ1n) is 5.85. The van der Waals surface area contributed by atoms with Crippen LogP contribution in [0, 0.1) is 0 Å². The van der Waals surface area contributed by atoms with Crippen LogP contribution in [-0.4, -0.2) is 33.8 Å². The van der Waals surface area contributed by atoms with Gasteiger partial charge in [-0.2, -0.15) is 0 Å². The highest BCUT2D eigenvalue weighted by Crippen LogP contribution is 2.15. The lowest BCUT2D eigenvalue weighted by atomic mass is 10.3. The molecule has 1 heterocycles. The molecule has 1 aromatic heterocycles. The van der Waals surface area contributed by atoms with Gasteiger partial charge >= 0.3 is 0 Å². The van der Waals surface area contributed by atoms with Gasteiger partial charge in [0, 0.05) is 18.1 Å². The summed E-state index contributed by atoms with van der Waals surface area (Å²) in [5.74, 6) is 0.640. The van der Waals surface area contributed by atoms with Gasteiger partial charge in [-0.15, -0.1) is 0 Å². The SMILES string of the molecule is O=CNc1ccc(OCC(O)Cn2ccnc2)cc1. The Labute approximate surface area is 110 Å². The minimum atomic E-state index is -0.609. The molecule has 1 amide bonds. The van der Waals surface area contributed by atoms with Gasteiger partial charge in [0.05, 0.1) is 12.9 Å². The van der Waals surface area contributed by atoms with Gasteiger partial charge in [0.2, 0.25) is 6.41 Å². The first-order valence-corrected chi connectivity index (χ1v) is 5.85. The molecule has 0 bridgehead atoms. The molecule has 0 spiro atoms. The van der Waals surface area contributed by atoms with Crippen LogP contribution >= 0.6 is 0 Å². The molecule has 6 heteroatoms. The number of amides is 1. The fraction of sp³-hybridized carbons (Fsp3) is 0.231. The molecule has 0 aliphatic heterocycles. The van der Waals surface area contributed by atoms with Crippen LogP contribution in [0.5, 0.6) is 5.75 Å². The van der Waals surface area contributed by atoms with Crippen molar-refractivity contribution in [1.82, 2.24) is 9.55 Å². The number of ether oxygens (including phenoxy) is 1. The van der Waals surface area contributed by atoms with Crippen molar-refractivity contribution in [2.75, 3.05) is 11.9 Å². The van der Waals surface area contributed by atoms with Crippen molar-refractivity contribution in [3.63, 3.8) is 0 Å². The molecule has 2 N–H and O–H groups in total. The van der Waals surface area contributed by atoms with Gasteiger partial charge in [0.1, 0.15) is 18.5 Å². The summed E-state index contributed by atoms with van der Waals surface area (Å²) in [6.07, 6.45) is 5.09. The predicted octanol–water partition coefficient (Wildman–Crippen LogP) is 0.891. The topological polar surface area (TPSA) is 76.4 Å². The van der Waals surface area contributed by atoms with E-state index in [-0.39, 0.29) is 6.61 Å². The van der Waals surface area contributed by atoms with Gasteiger partial charge in [-0.05, 0) is 24.3 Å². The second-order valence-electron chi connectivity index (χ2n) is 4.01. The van der Waals surface area contributed by atoms with Crippen LogP contribution in [0.3, 0.4) is 0 Å². The zero-order valence-electron chi connectivity index (χ0n) is 10.3. The molecule has 0 aliphatic carbocycles. The molecule has 2 rings (SSSR count). The molecule has 0 saturated heterocycles. The Hall–Kier alpha value is -2.34. The standard InChI is InChI=1S/C13H15N3O3/c17-10-15-11-1-3-13(4-2-11)19-8-12(18)7-16-6-5-14-9-16/h1-6,9-10,12,18H,7-8H2,(H,15,17). The molecular weight excluding hydrogens is 246 g/mol. The monoisotopic (exact) mass is 261 g/mol. The van der Waals surface area contributed by atoms with Crippen LogP contribution in [0.25, 0.3) is 0 Å². The molecule has 0 radical (unpaired) electrons. The van der Waals surface area contributed by atoms with Crippen LogP contribution in [0.1, 0.15) is 0 Å². The number of aliphatic hydroxyl groups excluding tert-OH is 1. The van der Waals surface area contributed by atoms with Crippen LogP contribution in [0.15, 0.2) is 43.0 Å². The number of rotatable bonds is 7. The number of nitrogens with one attached hydrogen (secondary N) is 1. The smallest absolute Gasteiger partial charge is 0.211 e. The summed E-state index contributed by atoms with van der Waals surface area (Å²) < 4.78 is 7.23. The normalized spacial score (nSPS) is 11.8.